The highest BCUT2D eigenvalue weighted by atomic mass is 32.2. The first-order valence-electron chi connectivity index (χ1n) is 12.4. The van der Waals surface area contributed by atoms with Crippen molar-refractivity contribution in [1.29, 1.82) is 0 Å². The Hall–Kier alpha value is -2.92. The Kier molecular flexibility index (Phi) is 9.94. The zero-order chi connectivity index (χ0) is 27.9. The van der Waals surface area contributed by atoms with Gasteiger partial charge >= 0.3 is 0 Å². The predicted molar refractivity (Wildman–Crippen MR) is 148 cm³/mol. The Morgan fingerprint density at radius 3 is 1.76 bits per heavy atom. The van der Waals surface area contributed by atoms with Gasteiger partial charge in [0.2, 0.25) is 20.0 Å². The molecule has 0 heterocycles. The van der Waals surface area contributed by atoms with Crippen molar-refractivity contribution in [3.05, 3.63) is 83.9 Å². The van der Waals surface area contributed by atoms with Crippen LogP contribution in [0.5, 0.6) is 11.5 Å². The van der Waals surface area contributed by atoms with Gasteiger partial charge in [-0.25, -0.2) is 21.6 Å². The van der Waals surface area contributed by atoms with Crippen LogP contribution in [0.4, 0.5) is 0 Å². The molecule has 0 bridgehead atoms. The van der Waals surface area contributed by atoms with E-state index in [2.05, 4.69) is 4.72 Å². The van der Waals surface area contributed by atoms with Gasteiger partial charge < -0.3 is 9.47 Å². The van der Waals surface area contributed by atoms with Crippen molar-refractivity contribution in [2.24, 2.45) is 5.92 Å². The number of rotatable bonds is 13. The molecule has 0 saturated carbocycles. The van der Waals surface area contributed by atoms with Gasteiger partial charge in [0.05, 0.1) is 24.0 Å². The second kappa shape index (κ2) is 12.8. The van der Waals surface area contributed by atoms with Gasteiger partial charge in [-0.15, -0.1) is 0 Å². The summed E-state index contributed by atoms with van der Waals surface area (Å²) in [5.41, 5.74) is 1.41. The number of hydrogen-bond donors (Lipinski definition) is 1. The van der Waals surface area contributed by atoms with Crippen LogP contribution in [-0.2, 0) is 33.1 Å². The second-order valence-electron chi connectivity index (χ2n) is 9.12. The summed E-state index contributed by atoms with van der Waals surface area (Å²) < 4.78 is 67.9. The molecule has 0 fully saturated rings. The van der Waals surface area contributed by atoms with Crippen molar-refractivity contribution in [3.63, 3.8) is 0 Å². The van der Waals surface area contributed by atoms with Gasteiger partial charge in [0, 0.05) is 19.1 Å². The van der Waals surface area contributed by atoms with Crippen molar-refractivity contribution >= 4 is 20.0 Å². The summed E-state index contributed by atoms with van der Waals surface area (Å²) in [5.74, 6) is 1.23. The fraction of sp³-hybridized carbons (Fsp3) is 0.357. The Morgan fingerprint density at radius 1 is 0.763 bits per heavy atom. The van der Waals surface area contributed by atoms with E-state index in [0.29, 0.717) is 17.1 Å². The van der Waals surface area contributed by atoms with E-state index in [1.54, 1.807) is 48.5 Å². The van der Waals surface area contributed by atoms with Gasteiger partial charge in [-0.1, -0.05) is 44.5 Å². The molecule has 206 valence electrons. The second-order valence-corrected chi connectivity index (χ2v) is 12.8. The van der Waals surface area contributed by atoms with Crippen LogP contribution in [0.2, 0.25) is 0 Å². The summed E-state index contributed by atoms with van der Waals surface area (Å²) in [6.45, 7) is 6.07. The van der Waals surface area contributed by atoms with E-state index < -0.39 is 20.0 Å². The number of nitrogens with one attached hydrogen (secondary N) is 1. The summed E-state index contributed by atoms with van der Waals surface area (Å²) in [4.78, 5) is 0.288. The van der Waals surface area contributed by atoms with Crippen molar-refractivity contribution < 1.29 is 26.3 Å². The van der Waals surface area contributed by atoms with Crippen molar-refractivity contribution in [3.8, 4) is 11.5 Å². The Bertz CT molecular complexity index is 1410. The van der Waals surface area contributed by atoms with Gasteiger partial charge in [-0.05, 0) is 72.5 Å². The molecule has 10 heteroatoms. The summed E-state index contributed by atoms with van der Waals surface area (Å²) in [6.07, 6.45) is 0.805. The first-order chi connectivity index (χ1) is 18.0. The normalized spacial score (nSPS) is 13.7. The molecule has 0 saturated heterocycles. The lowest BCUT2D eigenvalue weighted by Crippen LogP contribution is -2.41. The Balaban J connectivity index is 1.91. The number of nitrogens with zero attached hydrogens (tertiary/aromatic N) is 1. The third-order valence-corrected chi connectivity index (χ3v) is 10.2. The molecule has 3 aromatic carbocycles. The molecule has 2 unspecified atom stereocenters. The number of hydrogen-bond acceptors (Lipinski definition) is 6. The lowest BCUT2D eigenvalue weighted by Gasteiger charge is -2.32. The molecule has 0 aromatic heterocycles. The highest BCUT2D eigenvalue weighted by Crippen LogP contribution is 2.28. The summed E-state index contributed by atoms with van der Waals surface area (Å²) in [7, 11) is -4.61. The van der Waals surface area contributed by atoms with E-state index in [0.717, 1.165) is 12.0 Å². The van der Waals surface area contributed by atoms with E-state index in [1.165, 1.54) is 30.7 Å². The molecule has 2 atom stereocenters. The molecule has 8 nitrogen and oxygen atoms in total. The Morgan fingerprint density at radius 2 is 1.26 bits per heavy atom. The van der Waals surface area contributed by atoms with Crippen molar-refractivity contribution in [1.82, 2.24) is 9.03 Å². The van der Waals surface area contributed by atoms with E-state index in [-0.39, 0.29) is 34.8 Å². The van der Waals surface area contributed by atoms with E-state index in [4.69, 9.17) is 9.47 Å². The zero-order valence-corrected chi connectivity index (χ0v) is 24.1. The van der Waals surface area contributed by atoms with Crippen LogP contribution in [0.25, 0.3) is 0 Å². The lowest BCUT2D eigenvalue weighted by molar-refractivity contribution is 0.253. The van der Waals surface area contributed by atoms with Crippen LogP contribution in [0, 0.1) is 5.92 Å². The third kappa shape index (κ3) is 6.93. The van der Waals surface area contributed by atoms with Crippen LogP contribution < -0.4 is 14.2 Å². The van der Waals surface area contributed by atoms with Gasteiger partial charge in [-0.3, -0.25) is 0 Å². The maximum atomic E-state index is 13.8. The standard InChI is InChI=1S/C28H36N2O6S2/c1-6-21(2)22(3)30(38(33,34)28-17-13-26(36-5)14-18-28)20-24-10-8-7-9-23(24)19-29-37(31,32)27-15-11-25(35-4)12-16-27/h7-18,21-22,29H,6,19-20H2,1-5H3. The molecule has 0 radical (unpaired) electrons. The van der Waals surface area contributed by atoms with Crippen molar-refractivity contribution in [2.45, 2.75) is 56.1 Å². The predicted octanol–water partition coefficient (Wildman–Crippen LogP) is 4.81. The van der Waals surface area contributed by atoms with Gasteiger partial charge in [0.15, 0.2) is 0 Å². The largest absolute Gasteiger partial charge is 0.497 e. The molecular formula is C28H36N2O6S2. The van der Waals surface area contributed by atoms with Crippen LogP contribution in [0.3, 0.4) is 0 Å². The number of ether oxygens (including phenoxy) is 2. The highest BCUT2D eigenvalue weighted by molar-refractivity contribution is 7.89. The minimum absolute atomic E-state index is 0.0126. The molecule has 0 amide bonds. The monoisotopic (exact) mass is 560 g/mol. The smallest absolute Gasteiger partial charge is 0.243 e. The maximum absolute atomic E-state index is 13.8. The number of methoxy groups -OCH3 is 2. The highest BCUT2D eigenvalue weighted by Gasteiger charge is 2.32. The molecular weight excluding hydrogens is 524 g/mol. The lowest BCUT2D eigenvalue weighted by atomic mass is 10.00. The SMILES string of the molecule is CCC(C)C(C)N(Cc1ccccc1CNS(=O)(=O)c1ccc(OC)cc1)S(=O)(=O)c1ccc(OC)cc1. The Labute approximate surface area is 226 Å². The summed E-state index contributed by atoms with van der Waals surface area (Å²) in [6, 6.07) is 19.4. The summed E-state index contributed by atoms with van der Waals surface area (Å²) in [5, 5.41) is 0. The molecule has 38 heavy (non-hydrogen) atoms. The number of benzene rings is 3. The van der Waals surface area contributed by atoms with Gasteiger partial charge in [0.25, 0.3) is 0 Å². The fourth-order valence-corrected chi connectivity index (χ4v) is 6.73. The molecule has 3 aromatic rings. The minimum atomic E-state index is -3.86. The molecule has 3 rings (SSSR count). The maximum Gasteiger partial charge on any atom is 0.243 e. The first kappa shape index (κ1) is 29.6. The van der Waals surface area contributed by atoms with Crippen LogP contribution >= 0.6 is 0 Å². The average molecular weight is 561 g/mol. The van der Waals surface area contributed by atoms with Crippen LogP contribution in [-0.4, -0.2) is 41.4 Å². The van der Waals surface area contributed by atoms with E-state index >= 15 is 0 Å². The van der Waals surface area contributed by atoms with Gasteiger partial charge in [-0.2, -0.15) is 4.31 Å². The number of sulfonamides is 2. The minimum Gasteiger partial charge on any atom is -0.497 e. The molecule has 1 N–H and O–H groups in total. The van der Waals surface area contributed by atoms with Crippen molar-refractivity contribution in [2.75, 3.05) is 14.2 Å². The topological polar surface area (TPSA) is 102 Å². The molecule has 0 aliphatic heterocycles. The third-order valence-electron chi connectivity index (χ3n) is 6.85. The van der Waals surface area contributed by atoms with Crippen LogP contribution in [0.15, 0.2) is 82.6 Å². The van der Waals surface area contributed by atoms with Gasteiger partial charge in [0.1, 0.15) is 11.5 Å². The zero-order valence-electron chi connectivity index (χ0n) is 22.4. The molecule has 0 spiro atoms. The molecule has 0 aliphatic rings. The van der Waals surface area contributed by atoms with E-state index in [1.807, 2.05) is 32.9 Å². The first-order valence-corrected chi connectivity index (χ1v) is 15.3. The average Bonchev–Trinajstić information content (AvgIpc) is 2.94. The summed E-state index contributed by atoms with van der Waals surface area (Å²) >= 11 is 0. The quantitative estimate of drug-likeness (QED) is 0.322. The van der Waals surface area contributed by atoms with Crippen LogP contribution in [0.1, 0.15) is 38.3 Å². The van der Waals surface area contributed by atoms with E-state index in [9.17, 15) is 16.8 Å². The fourth-order valence-electron chi connectivity index (χ4n) is 4.02. The molecule has 0 aliphatic carbocycles.